The number of rotatable bonds is 4. The average molecular weight is 329 g/mol. The van der Waals surface area contributed by atoms with Gasteiger partial charge in [-0.1, -0.05) is 31.4 Å². The zero-order valence-corrected chi connectivity index (χ0v) is 15.2. The summed E-state index contributed by atoms with van der Waals surface area (Å²) >= 11 is 0. The summed E-state index contributed by atoms with van der Waals surface area (Å²) in [5.74, 6) is 0.712. The molecule has 1 heterocycles. The van der Waals surface area contributed by atoms with Crippen molar-refractivity contribution in [1.82, 2.24) is 9.80 Å². The third-order valence-electron chi connectivity index (χ3n) is 5.32. The van der Waals surface area contributed by atoms with Gasteiger partial charge in [-0.15, -0.1) is 0 Å². The van der Waals surface area contributed by atoms with Crippen molar-refractivity contribution >= 4 is 11.6 Å². The van der Waals surface area contributed by atoms with E-state index in [1.165, 1.54) is 30.5 Å². The summed E-state index contributed by atoms with van der Waals surface area (Å²) in [7, 11) is 4.20. The van der Waals surface area contributed by atoms with Crippen LogP contribution in [-0.4, -0.2) is 56.0 Å². The zero-order chi connectivity index (χ0) is 16.9. The quantitative estimate of drug-likeness (QED) is 0.850. The molecule has 24 heavy (non-hydrogen) atoms. The number of nitrogens with zero attached hydrogens (tertiary/aromatic N) is 3. The minimum absolute atomic E-state index is 0.300. The van der Waals surface area contributed by atoms with E-state index in [-0.39, 0.29) is 0 Å². The first-order valence-corrected chi connectivity index (χ1v) is 9.41. The zero-order valence-electron chi connectivity index (χ0n) is 15.2. The van der Waals surface area contributed by atoms with Crippen LogP contribution in [0.3, 0.4) is 0 Å². The molecule has 1 saturated carbocycles. The first kappa shape index (κ1) is 17.3. The van der Waals surface area contributed by atoms with Crippen molar-refractivity contribution in [3.8, 4) is 0 Å². The van der Waals surface area contributed by atoms with Crippen LogP contribution in [0.4, 0.5) is 5.69 Å². The number of anilines is 1. The van der Waals surface area contributed by atoms with Crippen molar-refractivity contribution in [2.24, 2.45) is 5.92 Å². The highest BCUT2D eigenvalue weighted by Gasteiger charge is 2.28. The molecule has 0 radical (unpaired) electrons. The van der Waals surface area contributed by atoms with E-state index in [0.29, 0.717) is 11.8 Å². The monoisotopic (exact) mass is 329 g/mol. The molecule has 0 bridgehead atoms. The number of hydrogen-bond acceptors (Lipinski definition) is 3. The van der Waals surface area contributed by atoms with Crippen molar-refractivity contribution in [2.45, 2.75) is 38.6 Å². The molecule has 0 aromatic heterocycles. The molecule has 0 spiro atoms. The van der Waals surface area contributed by atoms with Gasteiger partial charge in [-0.3, -0.25) is 4.79 Å². The lowest BCUT2D eigenvalue weighted by molar-refractivity contribution is -0.136. The fourth-order valence-corrected chi connectivity index (χ4v) is 4.01. The van der Waals surface area contributed by atoms with Crippen LogP contribution >= 0.6 is 0 Å². The molecule has 1 aromatic rings. The SMILES string of the molecule is CN(C)Cc1cccc(N2CCN(C(=O)C3CCCCC3)CC2)c1. The average Bonchev–Trinajstić information content (AvgIpc) is 2.62. The summed E-state index contributed by atoms with van der Waals surface area (Å²) in [6.45, 7) is 4.60. The Labute approximate surface area is 146 Å². The first-order chi connectivity index (χ1) is 11.6. The highest BCUT2D eigenvalue weighted by atomic mass is 16.2. The molecular weight excluding hydrogens is 298 g/mol. The Morgan fingerprint density at radius 3 is 2.46 bits per heavy atom. The molecule has 2 fully saturated rings. The highest BCUT2D eigenvalue weighted by molar-refractivity contribution is 5.79. The Hall–Kier alpha value is -1.55. The lowest BCUT2D eigenvalue weighted by atomic mass is 9.88. The van der Waals surface area contributed by atoms with Gasteiger partial charge in [-0.25, -0.2) is 0 Å². The first-order valence-electron chi connectivity index (χ1n) is 9.41. The van der Waals surface area contributed by atoms with Crippen LogP contribution in [0.5, 0.6) is 0 Å². The van der Waals surface area contributed by atoms with Gasteiger partial charge >= 0.3 is 0 Å². The largest absolute Gasteiger partial charge is 0.368 e. The molecule has 3 rings (SSSR count). The molecule has 0 atom stereocenters. The Kier molecular flexibility index (Phi) is 5.77. The summed E-state index contributed by atoms with van der Waals surface area (Å²) < 4.78 is 0. The van der Waals surface area contributed by atoms with E-state index in [4.69, 9.17) is 0 Å². The summed E-state index contributed by atoms with van der Waals surface area (Å²) in [4.78, 5) is 19.4. The lowest BCUT2D eigenvalue weighted by Gasteiger charge is -2.38. The predicted octanol–water partition coefficient (Wildman–Crippen LogP) is 2.98. The van der Waals surface area contributed by atoms with Gasteiger partial charge in [0.25, 0.3) is 0 Å². The van der Waals surface area contributed by atoms with E-state index in [1.54, 1.807) is 0 Å². The smallest absolute Gasteiger partial charge is 0.225 e. The second-order valence-electron chi connectivity index (χ2n) is 7.55. The molecule has 4 heteroatoms. The Bertz CT molecular complexity index is 544. The van der Waals surface area contributed by atoms with E-state index >= 15 is 0 Å². The van der Waals surface area contributed by atoms with Crippen molar-refractivity contribution in [3.63, 3.8) is 0 Å². The van der Waals surface area contributed by atoms with Crippen molar-refractivity contribution in [1.29, 1.82) is 0 Å². The highest BCUT2D eigenvalue weighted by Crippen LogP contribution is 2.26. The number of benzene rings is 1. The molecule has 0 unspecified atom stereocenters. The fraction of sp³-hybridized carbons (Fsp3) is 0.650. The van der Waals surface area contributed by atoms with Gasteiger partial charge in [-0.05, 0) is 44.6 Å². The van der Waals surface area contributed by atoms with Crippen LogP contribution in [0.2, 0.25) is 0 Å². The molecular formula is C20H31N3O. The minimum Gasteiger partial charge on any atom is -0.368 e. The molecule has 1 saturated heterocycles. The summed E-state index contributed by atoms with van der Waals surface area (Å²) in [6.07, 6.45) is 5.97. The van der Waals surface area contributed by atoms with Crippen LogP contribution in [0.25, 0.3) is 0 Å². The van der Waals surface area contributed by atoms with E-state index in [2.05, 4.69) is 53.1 Å². The molecule has 2 aliphatic rings. The van der Waals surface area contributed by atoms with Crippen molar-refractivity contribution in [3.05, 3.63) is 29.8 Å². The molecule has 1 aliphatic carbocycles. The Morgan fingerprint density at radius 1 is 1.08 bits per heavy atom. The van der Waals surface area contributed by atoms with Gasteiger partial charge in [0.05, 0.1) is 0 Å². The van der Waals surface area contributed by atoms with Gasteiger partial charge in [0.15, 0.2) is 0 Å². The van der Waals surface area contributed by atoms with Gasteiger partial charge in [0.2, 0.25) is 5.91 Å². The van der Waals surface area contributed by atoms with Crippen LogP contribution in [0, 0.1) is 5.92 Å². The van der Waals surface area contributed by atoms with Crippen molar-refractivity contribution in [2.75, 3.05) is 45.2 Å². The van der Waals surface area contributed by atoms with Crippen molar-refractivity contribution < 1.29 is 4.79 Å². The maximum absolute atomic E-state index is 12.7. The lowest BCUT2D eigenvalue weighted by Crippen LogP contribution is -2.50. The summed E-state index contributed by atoms with van der Waals surface area (Å²) in [6, 6.07) is 8.82. The number of amides is 1. The number of piperazine rings is 1. The standard InChI is InChI=1S/C20H31N3O/c1-21(2)16-17-7-6-10-19(15-17)22-11-13-23(14-12-22)20(24)18-8-4-3-5-9-18/h6-7,10,15,18H,3-5,8-9,11-14,16H2,1-2H3. The van der Waals surface area contributed by atoms with Crippen LogP contribution in [-0.2, 0) is 11.3 Å². The normalized spacial score (nSPS) is 19.8. The second-order valence-corrected chi connectivity index (χ2v) is 7.55. The van der Waals surface area contributed by atoms with E-state index < -0.39 is 0 Å². The summed E-state index contributed by atoms with van der Waals surface area (Å²) in [5.41, 5.74) is 2.64. The third kappa shape index (κ3) is 4.29. The van der Waals surface area contributed by atoms with Crippen LogP contribution in [0.1, 0.15) is 37.7 Å². The number of carbonyl (C=O) groups excluding carboxylic acids is 1. The molecule has 1 aromatic carbocycles. The molecule has 132 valence electrons. The van der Waals surface area contributed by atoms with E-state index in [9.17, 15) is 4.79 Å². The van der Waals surface area contributed by atoms with E-state index in [1.807, 2.05) is 0 Å². The summed E-state index contributed by atoms with van der Waals surface area (Å²) in [5, 5.41) is 0. The van der Waals surface area contributed by atoms with Crippen LogP contribution < -0.4 is 4.90 Å². The van der Waals surface area contributed by atoms with Gasteiger partial charge in [0.1, 0.15) is 0 Å². The molecule has 1 aliphatic heterocycles. The second kappa shape index (κ2) is 8.02. The third-order valence-corrected chi connectivity index (χ3v) is 5.32. The predicted molar refractivity (Wildman–Crippen MR) is 99.2 cm³/mol. The topological polar surface area (TPSA) is 26.8 Å². The van der Waals surface area contributed by atoms with Gasteiger partial charge in [0, 0.05) is 44.3 Å². The molecule has 1 amide bonds. The molecule has 4 nitrogen and oxygen atoms in total. The number of hydrogen-bond donors (Lipinski definition) is 0. The Morgan fingerprint density at radius 2 is 1.79 bits per heavy atom. The van der Waals surface area contributed by atoms with Crippen LogP contribution in [0.15, 0.2) is 24.3 Å². The van der Waals surface area contributed by atoms with Gasteiger partial charge in [-0.2, -0.15) is 0 Å². The van der Waals surface area contributed by atoms with E-state index in [0.717, 1.165) is 45.6 Å². The molecule has 0 N–H and O–H groups in total. The number of carbonyl (C=O) groups is 1. The van der Waals surface area contributed by atoms with Gasteiger partial charge < -0.3 is 14.7 Å². The maximum atomic E-state index is 12.7. The maximum Gasteiger partial charge on any atom is 0.225 e. The minimum atomic E-state index is 0.300. The Balaban J connectivity index is 1.55. The fourth-order valence-electron chi connectivity index (χ4n) is 4.01.